The quantitative estimate of drug-likeness (QED) is 0.299. The predicted molar refractivity (Wildman–Crippen MR) is 139 cm³/mol. The summed E-state index contributed by atoms with van der Waals surface area (Å²) in [5.74, 6) is 0.378. The van der Waals surface area contributed by atoms with Crippen LogP contribution >= 0.6 is 23.2 Å². The molecule has 0 radical (unpaired) electrons. The number of hydrogen-bond donors (Lipinski definition) is 0. The van der Waals surface area contributed by atoms with Crippen LogP contribution in [0.1, 0.15) is 22.9 Å². The third-order valence-electron chi connectivity index (χ3n) is 6.48. The lowest BCUT2D eigenvalue weighted by molar-refractivity contribution is 0.109. The summed E-state index contributed by atoms with van der Waals surface area (Å²) in [5.41, 5.74) is 3.30. The number of piperazine rings is 1. The molecule has 1 fully saturated rings. The highest BCUT2D eigenvalue weighted by Crippen LogP contribution is 2.31. The largest absolute Gasteiger partial charge is 0.519 e. The molecule has 1 aliphatic heterocycles. The summed E-state index contributed by atoms with van der Waals surface area (Å²) in [6, 6.07) is 26.1. The number of benzene rings is 3. The van der Waals surface area contributed by atoms with Crippen molar-refractivity contribution < 1.29 is 8.83 Å². The average molecular weight is 509 g/mol. The van der Waals surface area contributed by atoms with Crippen molar-refractivity contribution in [2.24, 2.45) is 0 Å². The average Bonchev–Trinajstić information content (AvgIpc) is 3.26. The Kier molecular flexibility index (Phi) is 7.40. The Labute approximate surface area is 214 Å². The summed E-state index contributed by atoms with van der Waals surface area (Å²) in [6.07, 6.45) is 0.600. The second kappa shape index (κ2) is 10.8. The number of rotatable bonds is 7. The summed E-state index contributed by atoms with van der Waals surface area (Å²) in [4.78, 5) is 16.7. The van der Waals surface area contributed by atoms with Crippen molar-refractivity contribution in [1.82, 2.24) is 9.80 Å². The van der Waals surface area contributed by atoms with Crippen LogP contribution < -0.4 is 5.82 Å². The van der Waals surface area contributed by atoms with Gasteiger partial charge >= 0.3 is 5.82 Å². The van der Waals surface area contributed by atoms with Crippen molar-refractivity contribution >= 4 is 23.2 Å². The molecule has 4 aromatic rings. The van der Waals surface area contributed by atoms with Gasteiger partial charge in [0.15, 0.2) is 11.5 Å². The van der Waals surface area contributed by atoms with Crippen molar-refractivity contribution in [2.45, 2.75) is 12.5 Å². The van der Waals surface area contributed by atoms with Crippen LogP contribution in [0.2, 0.25) is 10.0 Å². The smallest absolute Gasteiger partial charge is 0.395 e. The molecule has 0 bridgehead atoms. The molecule has 1 aromatic heterocycles. The fourth-order valence-electron chi connectivity index (χ4n) is 4.69. The predicted octanol–water partition coefficient (Wildman–Crippen LogP) is 6.16. The zero-order valence-corrected chi connectivity index (χ0v) is 20.7. The van der Waals surface area contributed by atoms with E-state index >= 15 is 0 Å². The first-order chi connectivity index (χ1) is 17.1. The van der Waals surface area contributed by atoms with Gasteiger partial charge < -0.3 is 13.7 Å². The van der Waals surface area contributed by atoms with Crippen LogP contribution in [-0.2, 0) is 6.42 Å². The van der Waals surface area contributed by atoms with E-state index in [1.54, 1.807) is 12.1 Å². The normalized spacial score (nSPS) is 15.8. The van der Waals surface area contributed by atoms with Crippen molar-refractivity contribution in [1.29, 1.82) is 0 Å². The Morgan fingerprint density at radius 3 is 2.00 bits per heavy atom. The molecule has 1 aliphatic rings. The lowest BCUT2D eigenvalue weighted by Gasteiger charge is -2.39. The van der Waals surface area contributed by atoms with E-state index < -0.39 is 5.82 Å². The molecule has 0 N–H and O–H groups in total. The highest BCUT2D eigenvalue weighted by atomic mass is 35.5. The molecule has 0 aliphatic carbocycles. The number of nitrogens with zero attached hydrogens (tertiary/aromatic N) is 2. The van der Waals surface area contributed by atoms with Crippen LogP contribution in [0.3, 0.4) is 0 Å². The molecule has 5 rings (SSSR count). The maximum absolute atomic E-state index is 11.8. The SMILES string of the molecule is O=c1oc(CCN2CCN(C(c3ccccc3)c3ccc(Cl)cc3)CC2)c(-c2ccc(Cl)cc2)o1. The monoisotopic (exact) mass is 508 g/mol. The highest BCUT2D eigenvalue weighted by Gasteiger charge is 2.27. The fourth-order valence-corrected chi connectivity index (χ4v) is 4.95. The van der Waals surface area contributed by atoms with Gasteiger partial charge in [-0.3, -0.25) is 4.90 Å². The minimum atomic E-state index is -0.677. The summed E-state index contributed by atoms with van der Waals surface area (Å²) in [7, 11) is 0. The maximum Gasteiger partial charge on any atom is 0.519 e. The van der Waals surface area contributed by atoms with Gasteiger partial charge in [0.1, 0.15) is 0 Å². The molecule has 1 unspecified atom stereocenters. The summed E-state index contributed by atoms with van der Waals surface area (Å²) in [6.45, 7) is 4.50. The maximum atomic E-state index is 11.8. The van der Waals surface area contributed by atoms with Crippen LogP contribution in [0.4, 0.5) is 0 Å². The molecular weight excluding hydrogens is 483 g/mol. The lowest BCUT2D eigenvalue weighted by Crippen LogP contribution is -2.48. The van der Waals surface area contributed by atoms with E-state index in [1.807, 2.05) is 30.3 Å². The molecule has 2 heterocycles. The third-order valence-corrected chi connectivity index (χ3v) is 6.98. The first-order valence-corrected chi connectivity index (χ1v) is 12.5. The topological polar surface area (TPSA) is 49.8 Å². The third kappa shape index (κ3) is 5.71. The molecule has 35 heavy (non-hydrogen) atoms. The first kappa shape index (κ1) is 23.9. The van der Waals surface area contributed by atoms with Gasteiger partial charge in [0.25, 0.3) is 0 Å². The van der Waals surface area contributed by atoms with Gasteiger partial charge in [0.05, 0.1) is 6.04 Å². The lowest BCUT2D eigenvalue weighted by atomic mass is 9.96. The molecule has 1 saturated heterocycles. The zero-order valence-electron chi connectivity index (χ0n) is 19.2. The Hall–Kier alpha value is -2.83. The number of halogens is 2. The Bertz CT molecular complexity index is 1290. The van der Waals surface area contributed by atoms with Gasteiger partial charge in [0, 0.05) is 54.8 Å². The van der Waals surface area contributed by atoms with Crippen LogP contribution in [0.5, 0.6) is 0 Å². The van der Waals surface area contributed by atoms with E-state index in [1.165, 1.54) is 11.1 Å². The molecule has 7 heteroatoms. The molecule has 0 amide bonds. The van der Waals surface area contributed by atoms with Crippen molar-refractivity contribution in [3.05, 3.63) is 116 Å². The molecule has 5 nitrogen and oxygen atoms in total. The molecule has 0 spiro atoms. The fraction of sp³-hybridized carbons (Fsp3) is 0.250. The molecule has 180 valence electrons. The van der Waals surface area contributed by atoms with Crippen molar-refractivity contribution in [3.63, 3.8) is 0 Å². The van der Waals surface area contributed by atoms with Gasteiger partial charge in [-0.15, -0.1) is 0 Å². The van der Waals surface area contributed by atoms with Gasteiger partial charge in [-0.05, 0) is 47.5 Å². The van der Waals surface area contributed by atoms with E-state index in [0.717, 1.165) is 43.3 Å². The molecular formula is C28H26Cl2N2O3. The second-order valence-electron chi connectivity index (χ2n) is 8.71. The van der Waals surface area contributed by atoms with Crippen LogP contribution in [0, 0.1) is 0 Å². The second-order valence-corrected chi connectivity index (χ2v) is 9.58. The Balaban J connectivity index is 1.25. The van der Waals surface area contributed by atoms with Crippen LogP contribution in [0.25, 0.3) is 11.3 Å². The van der Waals surface area contributed by atoms with E-state index in [0.29, 0.717) is 23.0 Å². The molecule has 1 atom stereocenters. The zero-order chi connectivity index (χ0) is 24.2. The minimum absolute atomic E-state index is 0.180. The number of hydrogen-bond acceptors (Lipinski definition) is 5. The van der Waals surface area contributed by atoms with Gasteiger partial charge in [-0.25, -0.2) is 4.79 Å². The highest BCUT2D eigenvalue weighted by molar-refractivity contribution is 6.30. The van der Waals surface area contributed by atoms with Gasteiger partial charge in [0.2, 0.25) is 0 Å². The minimum Gasteiger partial charge on any atom is -0.395 e. The van der Waals surface area contributed by atoms with E-state index in [2.05, 4.69) is 46.2 Å². The van der Waals surface area contributed by atoms with Gasteiger partial charge in [-0.1, -0.05) is 65.7 Å². The molecule has 0 saturated carbocycles. The Morgan fingerprint density at radius 1 is 0.743 bits per heavy atom. The summed E-state index contributed by atoms with van der Waals surface area (Å²) in [5, 5.41) is 1.38. The van der Waals surface area contributed by atoms with Crippen LogP contribution in [-0.4, -0.2) is 42.5 Å². The van der Waals surface area contributed by atoms with E-state index in [-0.39, 0.29) is 6.04 Å². The van der Waals surface area contributed by atoms with Crippen molar-refractivity contribution in [3.8, 4) is 11.3 Å². The molecule has 3 aromatic carbocycles. The van der Waals surface area contributed by atoms with E-state index in [4.69, 9.17) is 32.0 Å². The standard InChI is InChI=1S/C28H26Cl2N2O3/c29-23-10-6-21(7-11-23)26(20-4-2-1-3-5-20)32-18-16-31(17-19-32)15-14-25-27(35-28(33)34-25)22-8-12-24(30)13-9-22/h1-13,26H,14-19H2. The van der Waals surface area contributed by atoms with Crippen molar-refractivity contribution in [2.75, 3.05) is 32.7 Å². The van der Waals surface area contributed by atoms with Gasteiger partial charge in [-0.2, -0.15) is 0 Å². The first-order valence-electron chi connectivity index (χ1n) is 11.7. The van der Waals surface area contributed by atoms with Crippen LogP contribution in [0.15, 0.2) is 92.5 Å². The Morgan fingerprint density at radius 2 is 1.34 bits per heavy atom. The van der Waals surface area contributed by atoms with E-state index in [9.17, 15) is 4.79 Å². The summed E-state index contributed by atoms with van der Waals surface area (Å²) < 4.78 is 10.7. The summed E-state index contributed by atoms with van der Waals surface area (Å²) >= 11 is 12.1.